The van der Waals surface area contributed by atoms with Crippen LogP contribution in [0.15, 0.2) is 24.4 Å². The zero-order valence-corrected chi connectivity index (χ0v) is 21.5. The number of hydrogen-bond donors (Lipinski definition) is 2. The van der Waals surface area contributed by atoms with Crippen LogP contribution in [0, 0.1) is 17.8 Å². The van der Waals surface area contributed by atoms with E-state index in [1.807, 2.05) is 11.9 Å². The van der Waals surface area contributed by atoms with Gasteiger partial charge < -0.3 is 10.2 Å². The minimum Gasteiger partial charge on any atom is -0.375 e. The number of piperazine rings is 1. The number of nitrogens with zero attached hydrogens (tertiary/aromatic N) is 5. The molecule has 0 atom stereocenters. The Hall–Kier alpha value is -4.18. The first-order valence-corrected chi connectivity index (χ1v) is 12.3. The number of aromatic nitrogens is 2. The van der Waals surface area contributed by atoms with Crippen molar-refractivity contribution in [1.82, 2.24) is 19.8 Å². The standard InChI is InChI=1S/C26H28F3N7O3/c1-34-9-10-36(24(38)14-34)13-19-7-8-23(32-21(19)15-37)35(2)25(39)33-22-11-20(31-16-26(27,28)29)18(12-30-22)6-5-17-3-4-17/h7-8,11-12,15,17H,3-4,9-10,13-14,16H2,1-2H3,(H2,30,31,33,39). The highest BCUT2D eigenvalue weighted by atomic mass is 19.4. The van der Waals surface area contributed by atoms with E-state index in [0.29, 0.717) is 37.0 Å². The number of carbonyl (C=O) groups is 3. The largest absolute Gasteiger partial charge is 0.405 e. The van der Waals surface area contributed by atoms with Crippen LogP contribution in [0.25, 0.3) is 0 Å². The molecule has 2 fully saturated rings. The van der Waals surface area contributed by atoms with Gasteiger partial charge >= 0.3 is 12.2 Å². The highest BCUT2D eigenvalue weighted by Gasteiger charge is 2.27. The zero-order chi connectivity index (χ0) is 28.2. The third-order valence-electron chi connectivity index (χ3n) is 6.23. The number of hydrogen-bond acceptors (Lipinski definition) is 7. The summed E-state index contributed by atoms with van der Waals surface area (Å²) in [5.74, 6) is 6.20. The first-order valence-electron chi connectivity index (χ1n) is 12.3. The lowest BCUT2D eigenvalue weighted by molar-refractivity contribution is -0.136. The lowest BCUT2D eigenvalue weighted by Gasteiger charge is -2.32. The summed E-state index contributed by atoms with van der Waals surface area (Å²) in [4.78, 5) is 50.0. The maximum atomic E-state index is 12.9. The van der Waals surface area contributed by atoms with Crippen molar-refractivity contribution in [2.24, 2.45) is 5.92 Å². The molecule has 0 unspecified atom stereocenters. The van der Waals surface area contributed by atoms with Crippen LogP contribution in [0.1, 0.15) is 34.5 Å². The van der Waals surface area contributed by atoms with Crippen molar-refractivity contribution in [3.63, 3.8) is 0 Å². The number of carbonyl (C=O) groups excluding carboxylic acids is 3. The Bertz CT molecular complexity index is 1320. The number of pyridine rings is 2. The van der Waals surface area contributed by atoms with Crippen LogP contribution in [0.4, 0.5) is 35.3 Å². The Labute approximate surface area is 223 Å². The van der Waals surface area contributed by atoms with Crippen molar-refractivity contribution in [2.75, 3.05) is 55.8 Å². The topological polar surface area (TPSA) is 111 Å². The molecule has 0 radical (unpaired) electrons. The molecule has 1 aliphatic heterocycles. The monoisotopic (exact) mass is 543 g/mol. The normalized spacial score (nSPS) is 15.8. The molecule has 2 N–H and O–H groups in total. The van der Waals surface area contributed by atoms with E-state index in [1.165, 1.54) is 19.3 Å². The predicted molar refractivity (Wildman–Crippen MR) is 138 cm³/mol. The first kappa shape index (κ1) is 27.8. The predicted octanol–water partition coefficient (Wildman–Crippen LogP) is 2.97. The van der Waals surface area contributed by atoms with Crippen molar-refractivity contribution in [3.05, 3.63) is 41.2 Å². The lowest BCUT2D eigenvalue weighted by atomic mass is 10.1. The molecule has 0 bridgehead atoms. The van der Waals surface area contributed by atoms with Crippen molar-refractivity contribution in [3.8, 4) is 11.8 Å². The van der Waals surface area contributed by atoms with Crippen molar-refractivity contribution >= 4 is 35.5 Å². The second-order valence-electron chi connectivity index (χ2n) is 9.50. The van der Waals surface area contributed by atoms with Gasteiger partial charge in [-0.1, -0.05) is 17.9 Å². The molecule has 3 heterocycles. The Morgan fingerprint density at radius 3 is 2.72 bits per heavy atom. The first-order chi connectivity index (χ1) is 18.5. The molecule has 10 nitrogen and oxygen atoms in total. The summed E-state index contributed by atoms with van der Waals surface area (Å²) in [7, 11) is 3.28. The highest BCUT2D eigenvalue weighted by molar-refractivity contribution is 6.00. The van der Waals surface area contributed by atoms with E-state index >= 15 is 0 Å². The minimum absolute atomic E-state index is 0.00862. The van der Waals surface area contributed by atoms with Crippen molar-refractivity contribution in [2.45, 2.75) is 25.6 Å². The number of nitrogens with one attached hydrogen (secondary N) is 2. The van der Waals surface area contributed by atoms with E-state index in [2.05, 4.69) is 32.4 Å². The van der Waals surface area contributed by atoms with E-state index in [0.717, 1.165) is 17.7 Å². The number of urea groups is 1. The Balaban J connectivity index is 1.46. The number of rotatable bonds is 7. The van der Waals surface area contributed by atoms with Gasteiger partial charge in [0.2, 0.25) is 5.91 Å². The van der Waals surface area contributed by atoms with Crippen LogP contribution in [0.3, 0.4) is 0 Å². The van der Waals surface area contributed by atoms with Crippen LogP contribution >= 0.6 is 0 Å². The molecule has 4 rings (SSSR count). The summed E-state index contributed by atoms with van der Waals surface area (Å²) in [5.41, 5.74) is 1.03. The number of amides is 3. The van der Waals surface area contributed by atoms with Gasteiger partial charge in [-0.3, -0.25) is 24.7 Å². The molecule has 2 aliphatic rings. The fraction of sp³-hybridized carbons (Fsp3) is 0.423. The lowest BCUT2D eigenvalue weighted by Crippen LogP contribution is -2.48. The molecule has 1 saturated carbocycles. The number of likely N-dealkylation sites (N-methyl/N-ethyl adjacent to an activating group) is 1. The van der Waals surface area contributed by atoms with Crippen LogP contribution in [0.2, 0.25) is 0 Å². The summed E-state index contributed by atoms with van der Waals surface area (Å²) < 4.78 is 38.4. The molecule has 2 aromatic rings. The maximum Gasteiger partial charge on any atom is 0.405 e. The number of alkyl halides is 3. The van der Waals surface area contributed by atoms with E-state index < -0.39 is 18.8 Å². The van der Waals surface area contributed by atoms with Gasteiger partial charge in [0.05, 0.1) is 17.8 Å². The molecule has 206 valence electrons. The van der Waals surface area contributed by atoms with Crippen LogP contribution < -0.4 is 15.5 Å². The molecule has 0 spiro atoms. The molecule has 0 aromatic carbocycles. The third-order valence-corrected chi connectivity index (χ3v) is 6.23. The number of anilines is 3. The van der Waals surface area contributed by atoms with Gasteiger partial charge in [0, 0.05) is 50.4 Å². The summed E-state index contributed by atoms with van der Waals surface area (Å²) in [5, 5.41) is 4.85. The molecule has 2 aromatic heterocycles. The van der Waals surface area contributed by atoms with E-state index in [-0.39, 0.29) is 41.4 Å². The second-order valence-corrected chi connectivity index (χ2v) is 9.50. The van der Waals surface area contributed by atoms with Gasteiger partial charge in [-0.05, 0) is 26.0 Å². The Morgan fingerprint density at radius 1 is 1.28 bits per heavy atom. The van der Waals surface area contributed by atoms with E-state index in [4.69, 9.17) is 0 Å². The van der Waals surface area contributed by atoms with Crippen molar-refractivity contribution < 1.29 is 27.6 Å². The van der Waals surface area contributed by atoms with Gasteiger partial charge in [0.15, 0.2) is 6.29 Å². The summed E-state index contributed by atoms with van der Waals surface area (Å²) in [6.45, 7) is 0.479. The number of aldehydes is 1. The molecule has 3 amide bonds. The van der Waals surface area contributed by atoms with Crippen molar-refractivity contribution in [1.29, 1.82) is 0 Å². The molecule has 1 aliphatic carbocycles. The highest BCUT2D eigenvalue weighted by Crippen LogP contribution is 2.28. The Kier molecular flexibility index (Phi) is 8.35. The summed E-state index contributed by atoms with van der Waals surface area (Å²) >= 11 is 0. The maximum absolute atomic E-state index is 12.9. The van der Waals surface area contributed by atoms with Gasteiger partial charge in [-0.25, -0.2) is 14.8 Å². The molecular formula is C26H28F3N7O3. The van der Waals surface area contributed by atoms with Gasteiger partial charge in [0.1, 0.15) is 23.9 Å². The fourth-order valence-corrected chi connectivity index (χ4v) is 3.78. The second kappa shape index (κ2) is 11.7. The average molecular weight is 544 g/mol. The van der Waals surface area contributed by atoms with Crippen LogP contribution in [-0.4, -0.2) is 84.4 Å². The molecule has 1 saturated heterocycles. The number of halogens is 3. The molecule has 13 heteroatoms. The van der Waals surface area contributed by atoms with Crippen LogP contribution in [0.5, 0.6) is 0 Å². The van der Waals surface area contributed by atoms with Gasteiger partial charge in [-0.15, -0.1) is 0 Å². The SMILES string of the molecule is CN1CCN(Cc2ccc(N(C)C(=O)Nc3cc(NCC(F)(F)F)c(C#CC4CC4)cn3)nc2C=O)C(=O)C1. The Morgan fingerprint density at radius 2 is 2.05 bits per heavy atom. The third kappa shape index (κ3) is 7.67. The summed E-state index contributed by atoms with van der Waals surface area (Å²) in [6.07, 6.45) is -0.657. The van der Waals surface area contributed by atoms with Gasteiger partial charge in [0.25, 0.3) is 0 Å². The average Bonchev–Trinajstić information content (AvgIpc) is 3.72. The smallest absolute Gasteiger partial charge is 0.375 e. The minimum atomic E-state index is -4.44. The van der Waals surface area contributed by atoms with Crippen LogP contribution in [-0.2, 0) is 11.3 Å². The summed E-state index contributed by atoms with van der Waals surface area (Å²) in [6, 6.07) is 3.79. The van der Waals surface area contributed by atoms with Gasteiger partial charge in [-0.2, -0.15) is 13.2 Å². The quantitative estimate of drug-likeness (QED) is 0.408. The zero-order valence-electron chi connectivity index (χ0n) is 21.5. The fourth-order valence-electron chi connectivity index (χ4n) is 3.78. The molecule has 39 heavy (non-hydrogen) atoms. The van der Waals surface area contributed by atoms with E-state index in [1.54, 1.807) is 17.0 Å². The van der Waals surface area contributed by atoms with E-state index in [9.17, 15) is 27.6 Å². The molecular weight excluding hydrogens is 515 g/mol.